The van der Waals surface area contributed by atoms with Gasteiger partial charge in [-0.15, -0.1) is 0 Å². The number of carbonyl (C=O) groups is 1. The summed E-state index contributed by atoms with van der Waals surface area (Å²) in [6, 6.07) is 8.64. The molecule has 0 bridgehead atoms. The quantitative estimate of drug-likeness (QED) is 0.529. The molecule has 4 nitrogen and oxygen atoms in total. The lowest BCUT2D eigenvalue weighted by Crippen LogP contribution is -2.27. The van der Waals surface area contributed by atoms with E-state index in [0.717, 1.165) is 50.3 Å². The molecular weight excluding hydrogens is 370 g/mol. The van der Waals surface area contributed by atoms with Crippen molar-refractivity contribution in [3.05, 3.63) is 76.5 Å². The molecule has 0 saturated heterocycles. The Morgan fingerprint density at radius 3 is 2.89 bits per heavy atom. The minimum Gasteiger partial charge on any atom is -0.366 e. The van der Waals surface area contributed by atoms with Crippen LogP contribution in [0.2, 0.25) is 0 Å². The molecule has 2 N–H and O–H groups in total. The first-order valence-electron chi connectivity index (χ1n) is 9.81. The van der Waals surface area contributed by atoms with Crippen LogP contribution in [0.4, 0.5) is 5.69 Å². The molecule has 0 aromatic heterocycles. The Bertz CT molecular complexity index is 838. The maximum Gasteiger partial charge on any atom is 0.241 e. The number of hydrogen-bond acceptors (Lipinski definition) is 3. The van der Waals surface area contributed by atoms with Crippen molar-refractivity contribution in [2.45, 2.75) is 25.7 Å². The normalized spacial score (nSPS) is 16.2. The molecule has 1 aromatic carbocycles. The lowest BCUT2D eigenvalue weighted by atomic mass is 10.0. The predicted molar refractivity (Wildman–Crippen MR) is 117 cm³/mol. The fourth-order valence-electron chi connectivity index (χ4n) is 3.68. The Labute approximate surface area is 172 Å². The first kappa shape index (κ1) is 20.4. The van der Waals surface area contributed by atoms with Crippen LogP contribution in [0.1, 0.15) is 24.8 Å². The van der Waals surface area contributed by atoms with Gasteiger partial charge in [0.15, 0.2) is 0 Å². The zero-order chi connectivity index (χ0) is 19.9. The molecule has 0 spiro atoms. The zero-order valence-electron chi connectivity index (χ0n) is 16.4. The van der Waals surface area contributed by atoms with Gasteiger partial charge in [-0.3, -0.25) is 4.79 Å². The first-order valence-corrected chi connectivity index (χ1v) is 10.2. The molecule has 148 valence electrons. The number of carbonyl (C=O) groups excluding carboxylic acids is 1. The molecule has 0 unspecified atom stereocenters. The fraction of sp³-hybridized carbons (Fsp3) is 0.348. The largest absolute Gasteiger partial charge is 0.366 e. The van der Waals surface area contributed by atoms with Crippen LogP contribution in [-0.4, -0.2) is 37.5 Å². The number of allylic oxidation sites excluding steroid dienone is 5. The van der Waals surface area contributed by atoms with Crippen molar-refractivity contribution < 1.29 is 4.79 Å². The third kappa shape index (κ3) is 5.37. The van der Waals surface area contributed by atoms with Gasteiger partial charge in [0.2, 0.25) is 5.91 Å². The Morgan fingerprint density at radius 2 is 2.07 bits per heavy atom. The number of fused-ring (bicyclic) bond motifs is 2. The van der Waals surface area contributed by atoms with Crippen LogP contribution in [0.25, 0.3) is 0 Å². The second-order valence-corrected chi connectivity index (χ2v) is 7.75. The smallest absolute Gasteiger partial charge is 0.241 e. The summed E-state index contributed by atoms with van der Waals surface area (Å²) in [6.07, 6.45) is 13.8. The van der Waals surface area contributed by atoms with Crippen molar-refractivity contribution in [3.8, 4) is 0 Å². The van der Waals surface area contributed by atoms with E-state index in [0.29, 0.717) is 0 Å². The number of rotatable bonds is 8. The molecule has 0 radical (unpaired) electrons. The molecule has 0 saturated carbocycles. The van der Waals surface area contributed by atoms with Gasteiger partial charge in [0.05, 0.1) is 0 Å². The molecule has 1 amide bonds. The van der Waals surface area contributed by atoms with Gasteiger partial charge in [0.1, 0.15) is 0 Å². The van der Waals surface area contributed by atoms with Gasteiger partial charge in [-0.25, -0.2) is 0 Å². The molecule has 0 atom stereocenters. The predicted octanol–water partition coefficient (Wildman–Crippen LogP) is 4.14. The Hall–Kier alpha value is -2.30. The second-order valence-electron chi connectivity index (χ2n) is 7.31. The van der Waals surface area contributed by atoms with Crippen molar-refractivity contribution in [2.24, 2.45) is 5.73 Å². The van der Waals surface area contributed by atoms with Crippen LogP contribution in [0.3, 0.4) is 0 Å². The standard InChI is InChI=1S/C23H28ClN3O/c1-26(15-6-9-23(25)28)14-4-5-16-27-21-8-3-2-7-18(21)10-11-19-12-13-20(24)17-22(19)27/h2-3,6-9,11,13,17H,4-5,10,12,14-16H2,1H3,(H2,25,28)/b9-6+. The van der Waals surface area contributed by atoms with E-state index in [1.165, 1.54) is 28.6 Å². The lowest BCUT2D eigenvalue weighted by molar-refractivity contribution is -0.113. The van der Waals surface area contributed by atoms with Crippen LogP contribution >= 0.6 is 11.6 Å². The summed E-state index contributed by atoms with van der Waals surface area (Å²) in [5, 5.41) is 0.817. The molecule has 0 fully saturated rings. The molecule has 1 aliphatic carbocycles. The SMILES string of the molecule is CN(C/C=C/C(N)=O)CCCCN1C2=CC(Cl)=CCC2=CCc2ccccc21. The van der Waals surface area contributed by atoms with Crippen molar-refractivity contribution >= 4 is 23.2 Å². The van der Waals surface area contributed by atoms with E-state index in [-0.39, 0.29) is 0 Å². The average Bonchev–Trinajstić information content (AvgIpc) is 2.82. The van der Waals surface area contributed by atoms with E-state index < -0.39 is 5.91 Å². The van der Waals surface area contributed by atoms with Crippen LogP contribution in [-0.2, 0) is 11.2 Å². The highest BCUT2D eigenvalue weighted by atomic mass is 35.5. The summed E-state index contributed by atoms with van der Waals surface area (Å²) in [7, 11) is 2.06. The summed E-state index contributed by atoms with van der Waals surface area (Å²) in [4.78, 5) is 15.4. The van der Waals surface area contributed by atoms with Crippen LogP contribution in [0, 0.1) is 0 Å². The minimum atomic E-state index is -0.398. The number of primary amides is 1. The number of amides is 1. The highest BCUT2D eigenvalue weighted by molar-refractivity contribution is 6.31. The number of nitrogens with zero attached hydrogens (tertiary/aromatic N) is 2. The zero-order valence-corrected chi connectivity index (χ0v) is 17.2. The molecule has 5 heteroatoms. The van der Waals surface area contributed by atoms with Crippen molar-refractivity contribution in [1.82, 2.24) is 4.90 Å². The molecule has 2 aliphatic rings. The maximum absolute atomic E-state index is 10.8. The van der Waals surface area contributed by atoms with Gasteiger partial charge in [-0.1, -0.05) is 48.0 Å². The Balaban J connectivity index is 1.64. The summed E-state index contributed by atoms with van der Waals surface area (Å²) < 4.78 is 0. The van der Waals surface area contributed by atoms with Crippen molar-refractivity contribution in [3.63, 3.8) is 0 Å². The van der Waals surface area contributed by atoms with Gasteiger partial charge < -0.3 is 15.5 Å². The number of nitrogens with two attached hydrogens (primary N) is 1. The van der Waals surface area contributed by atoms with Gasteiger partial charge >= 0.3 is 0 Å². The molecule has 3 rings (SSSR count). The van der Waals surface area contributed by atoms with E-state index in [2.05, 4.69) is 59.3 Å². The maximum atomic E-state index is 10.8. The van der Waals surface area contributed by atoms with E-state index >= 15 is 0 Å². The highest BCUT2D eigenvalue weighted by Gasteiger charge is 2.22. The van der Waals surface area contributed by atoms with E-state index in [1.54, 1.807) is 0 Å². The fourth-order valence-corrected chi connectivity index (χ4v) is 3.86. The number of hydrogen-bond donors (Lipinski definition) is 1. The number of likely N-dealkylation sites (N-methyl/N-ethyl adjacent to an activating group) is 1. The van der Waals surface area contributed by atoms with Gasteiger partial charge in [-0.2, -0.15) is 0 Å². The van der Waals surface area contributed by atoms with Gasteiger partial charge in [-0.05, 0) is 68.6 Å². The highest BCUT2D eigenvalue weighted by Crippen LogP contribution is 2.36. The summed E-state index contributed by atoms with van der Waals surface area (Å²) >= 11 is 6.34. The number of halogens is 1. The molecule has 1 aliphatic heterocycles. The third-order valence-electron chi connectivity index (χ3n) is 5.13. The lowest BCUT2D eigenvalue weighted by Gasteiger charge is -2.30. The van der Waals surface area contributed by atoms with Crippen LogP contribution < -0.4 is 10.6 Å². The van der Waals surface area contributed by atoms with Crippen molar-refractivity contribution in [1.29, 1.82) is 0 Å². The molecule has 1 heterocycles. The molecule has 1 aromatic rings. The Morgan fingerprint density at radius 1 is 1.25 bits per heavy atom. The Kier molecular flexibility index (Phi) is 7.12. The average molecular weight is 398 g/mol. The number of benzene rings is 1. The monoisotopic (exact) mass is 397 g/mol. The van der Waals surface area contributed by atoms with E-state index in [9.17, 15) is 4.79 Å². The summed E-state index contributed by atoms with van der Waals surface area (Å²) in [5.41, 5.74) is 10.4. The summed E-state index contributed by atoms with van der Waals surface area (Å²) in [6.45, 7) is 2.66. The van der Waals surface area contributed by atoms with Crippen molar-refractivity contribution in [2.75, 3.05) is 31.6 Å². The van der Waals surface area contributed by atoms with E-state index in [1.807, 2.05) is 6.08 Å². The van der Waals surface area contributed by atoms with Gasteiger partial charge in [0.25, 0.3) is 0 Å². The van der Waals surface area contributed by atoms with Crippen LogP contribution in [0.15, 0.2) is 70.9 Å². The summed E-state index contributed by atoms with van der Waals surface area (Å²) in [5.74, 6) is -0.398. The third-order valence-corrected chi connectivity index (χ3v) is 5.40. The minimum absolute atomic E-state index is 0.398. The van der Waals surface area contributed by atoms with E-state index in [4.69, 9.17) is 17.3 Å². The number of para-hydroxylation sites is 1. The topological polar surface area (TPSA) is 49.6 Å². The molecular formula is C23H28ClN3O. The second kappa shape index (κ2) is 9.76. The number of unbranched alkanes of at least 4 members (excludes halogenated alkanes) is 1. The van der Waals surface area contributed by atoms with Crippen LogP contribution in [0.5, 0.6) is 0 Å². The van der Waals surface area contributed by atoms with Gasteiger partial charge in [0, 0.05) is 29.5 Å². The molecule has 28 heavy (non-hydrogen) atoms. The first-order chi connectivity index (χ1) is 13.5. The number of anilines is 1.